The van der Waals surface area contributed by atoms with Gasteiger partial charge in [-0.3, -0.25) is 0 Å². The van der Waals surface area contributed by atoms with Gasteiger partial charge in [-0.1, -0.05) is 0 Å². The molecule has 0 saturated heterocycles. The topological polar surface area (TPSA) is 58.2 Å². The second kappa shape index (κ2) is 5.65. The molecule has 1 rings (SSSR count). The SMILES string of the molecule is O=S(=O)(NCc1ccc(Br)s1)NCC(F)(F)F. The first-order valence-electron chi connectivity index (χ1n) is 4.23. The van der Waals surface area contributed by atoms with Crippen LogP contribution in [0.1, 0.15) is 4.88 Å². The van der Waals surface area contributed by atoms with Gasteiger partial charge in [-0.15, -0.1) is 11.3 Å². The van der Waals surface area contributed by atoms with Crippen molar-refractivity contribution in [1.82, 2.24) is 9.44 Å². The minimum absolute atomic E-state index is 0.0521. The lowest BCUT2D eigenvalue weighted by Crippen LogP contribution is -2.41. The number of rotatable bonds is 5. The molecular formula is C7H8BrF3N2O2S2. The molecule has 0 spiro atoms. The van der Waals surface area contributed by atoms with Crippen molar-refractivity contribution in [3.63, 3.8) is 0 Å². The highest BCUT2D eigenvalue weighted by Crippen LogP contribution is 2.21. The summed E-state index contributed by atoms with van der Waals surface area (Å²) in [6.07, 6.45) is -4.57. The predicted octanol–water partition coefficient (Wildman–Crippen LogP) is 2.00. The Morgan fingerprint density at radius 1 is 1.29 bits per heavy atom. The lowest BCUT2D eigenvalue weighted by molar-refractivity contribution is -0.121. The monoisotopic (exact) mass is 352 g/mol. The van der Waals surface area contributed by atoms with Gasteiger partial charge >= 0.3 is 6.18 Å². The third-order valence-electron chi connectivity index (χ3n) is 1.53. The number of alkyl halides is 3. The summed E-state index contributed by atoms with van der Waals surface area (Å²) in [5.41, 5.74) is 0. The van der Waals surface area contributed by atoms with Gasteiger partial charge < -0.3 is 0 Å². The molecule has 98 valence electrons. The van der Waals surface area contributed by atoms with E-state index in [1.165, 1.54) is 16.1 Å². The molecule has 0 aliphatic rings. The minimum atomic E-state index is -4.57. The van der Waals surface area contributed by atoms with Gasteiger partial charge in [-0.25, -0.2) is 0 Å². The molecule has 0 bridgehead atoms. The zero-order valence-electron chi connectivity index (χ0n) is 8.21. The van der Waals surface area contributed by atoms with Crippen LogP contribution in [0, 0.1) is 0 Å². The van der Waals surface area contributed by atoms with E-state index < -0.39 is 22.9 Å². The van der Waals surface area contributed by atoms with Crippen LogP contribution in [0.5, 0.6) is 0 Å². The van der Waals surface area contributed by atoms with E-state index in [1.807, 2.05) is 4.72 Å². The zero-order chi connectivity index (χ0) is 13.1. The molecule has 0 atom stereocenters. The van der Waals surface area contributed by atoms with E-state index in [0.29, 0.717) is 4.88 Å². The molecule has 4 nitrogen and oxygen atoms in total. The van der Waals surface area contributed by atoms with Crippen molar-refractivity contribution in [2.75, 3.05) is 6.54 Å². The Balaban J connectivity index is 2.45. The van der Waals surface area contributed by atoms with E-state index in [1.54, 1.807) is 12.1 Å². The summed E-state index contributed by atoms with van der Waals surface area (Å²) in [6, 6.07) is 3.39. The van der Waals surface area contributed by atoms with Crippen molar-refractivity contribution in [1.29, 1.82) is 0 Å². The fourth-order valence-corrected chi connectivity index (χ4v) is 3.16. The van der Waals surface area contributed by atoms with Gasteiger partial charge in [0.05, 0.1) is 3.79 Å². The van der Waals surface area contributed by atoms with Crippen LogP contribution in [0.2, 0.25) is 0 Å². The maximum atomic E-state index is 11.8. The highest BCUT2D eigenvalue weighted by atomic mass is 79.9. The van der Waals surface area contributed by atoms with Crippen molar-refractivity contribution < 1.29 is 21.6 Å². The molecule has 0 aliphatic carbocycles. The average Bonchev–Trinajstić information content (AvgIpc) is 2.58. The van der Waals surface area contributed by atoms with Gasteiger partial charge in [0.15, 0.2) is 0 Å². The Bertz CT molecular complexity index is 472. The van der Waals surface area contributed by atoms with E-state index in [0.717, 1.165) is 3.79 Å². The Morgan fingerprint density at radius 3 is 2.41 bits per heavy atom. The first-order valence-corrected chi connectivity index (χ1v) is 7.32. The summed E-state index contributed by atoms with van der Waals surface area (Å²) in [4.78, 5) is 0.689. The fraction of sp³-hybridized carbons (Fsp3) is 0.429. The minimum Gasteiger partial charge on any atom is -0.197 e. The molecule has 2 N–H and O–H groups in total. The Morgan fingerprint density at radius 2 is 1.94 bits per heavy atom. The molecule has 17 heavy (non-hydrogen) atoms. The third kappa shape index (κ3) is 6.36. The van der Waals surface area contributed by atoms with Crippen molar-refractivity contribution in [3.05, 3.63) is 20.8 Å². The summed E-state index contributed by atoms with van der Waals surface area (Å²) in [6.45, 7) is -1.64. The van der Waals surface area contributed by atoms with Crippen molar-refractivity contribution in [3.8, 4) is 0 Å². The van der Waals surface area contributed by atoms with Gasteiger partial charge in [-0.05, 0) is 28.1 Å². The van der Waals surface area contributed by atoms with Crippen LogP contribution in [-0.2, 0) is 16.8 Å². The van der Waals surface area contributed by atoms with Crippen LogP contribution in [0.15, 0.2) is 15.9 Å². The Labute approximate surface area is 109 Å². The van der Waals surface area contributed by atoms with Gasteiger partial charge in [-0.2, -0.15) is 31.0 Å². The van der Waals surface area contributed by atoms with E-state index >= 15 is 0 Å². The van der Waals surface area contributed by atoms with Crippen molar-refractivity contribution in [2.24, 2.45) is 0 Å². The van der Waals surface area contributed by atoms with Crippen LogP contribution in [0.4, 0.5) is 13.2 Å². The van der Waals surface area contributed by atoms with E-state index in [2.05, 4.69) is 15.9 Å². The molecule has 0 saturated carbocycles. The molecule has 1 aromatic rings. The molecule has 10 heteroatoms. The third-order valence-corrected chi connectivity index (χ3v) is 4.20. The highest BCUT2D eigenvalue weighted by molar-refractivity contribution is 9.11. The maximum absolute atomic E-state index is 11.8. The van der Waals surface area contributed by atoms with Crippen LogP contribution in [0.25, 0.3) is 0 Å². The molecular weight excluding hydrogens is 345 g/mol. The Hall–Kier alpha value is -0.160. The molecule has 0 radical (unpaired) electrons. The average molecular weight is 353 g/mol. The second-order valence-electron chi connectivity index (χ2n) is 2.97. The zero-order valence-corrected chi connectivity index (χ0v) is 11.4. The molecule has 1 heterocycles. The first kappa shape index (κ1) is 14.9. The largest absolute Gasteiger partial charge is 0.402 e. The summed E-state index contributed by atoms with van der Waals surface area (Å²) in [5.74, 6) is 0. The standard InChI is InChI=1S/C7H8BrF3N2O2S2/c8-6-2-1-5(16-6)3-12-17(14,15)13-4-7(9,10)11/h1-2,12-13H,3-4H2. The summed E-state index contributed by atoms with van der Waals surface area (Å²) in [5, 5.41) is 0. The summed E-state index contributed by atoms with van der Waals surface area (Å²) in [7, 11) is -4.13. The van der Waals surface area contributed by atoms with E-state index in [9.17, 15) is 21.6 Å². The predicted molar refractivity (Wildman–Crippen MR) is 61.8 cm³/mol. The number of hydrogen-bond donors (Lipinski definition) is 2. The molecule has 1 aromatic heterocycles. The highest BCUT2D eigenvalue weighted by Gasteiger charge is 2.29. The summed E-state index contributed by atoms with van der Waals surface area (Å²) >= 11 is 4.48. The lowest BCUT2D eigenvalue weighted by atomic mass is 10.5. The van der Waals surface area contributed by atoms with Crippen molar-refractivity contribution in [2.45, 2.75) is 12.7 Å². The van der Waals surface area contributed by atoms with E-state index in [4.69, 9.17) is 0 Å². The van der Waals surface area contributed by atoms with Crippen LogP contribution >= 0.6 is 27.3 Å². The Kier molecular flexibility index (Phi) is 4.95. The van der Waals surface area contributed by atoms with Gasteiger partial charge in [0, 0.05) is 11.4 Å². The molecule has 0 aliphatic heterocycles. The molecule has 0 unspecified atom stereocenters. The van der Waals surface area contributed by atoms with Crippen molar-refractivity contribution >= 4 is 37.5 Å². The number of nitrogens with one attached hydrogen (secondary N) is 2. The van der Waals surface area contributed by atoms with E-state index in [-0.39, 0.29) is 6.54 Å². The van der Waals surface area contributed by atoms with Gasteiger partial charge in [0.2, 0.25) is 0 Å². The van der Waals surface area contributed by atoms with Crippen LogP contribution < -0.4 is 9.44 Å². The summed E-state index contributed by atoms with van der Waals surface area (Å²) < 4.78 is 61.9. The van der Waals surface area contributed by atoms with Gasteiger partial charge in [0.25, 0.3) is 10.2 Å². The fourth-order valence-electron chi connectivity index (χ4n) is 0.841. The lowest BCUT2D eigenvalue weighted by Gasteiger charge is -2.09. The van der Waals surface area contributed by atoms with Crippen LogP contribution in [0.3, 0.4) is 0 Å². The molecule has 0 aromatic carbocycles. The molecule has 0 amide bonds. The maximum Gasteiger partial charge on any atom is 0.402 e. The smallest absolute Gasteiger partial charge is 0.197 e. The number of hydrogen-bond acceptors (Lipinski definition) is 3. The normalized spacial score (nSPS) is 12.9. The quantitative estimate of drug-likeness (QED) is 0.851. The second-order valence-corrected chi connectivity index (χ2v) is 7.10. The number of halogens is 4. The molecule has 0 fully saturated rings. The van der Waals surface area contributed by atoms with Crippen LogP contribution in [-0.4, -0.2) is 21.1 Å². The first-order chi connectivity index (χ1) is 7.68. The number of thiophene rings is 1. The van der Waals surface area contributed by atoms with Gasteiger partial charge in [0.1, 0.15) is 6.54 Å².